The molecular weight excluding hydrogens is 208 g/mol. The van der Waals surface area contributed by atoms with Crippen molar-refractivity contribution in [2.24, 2.45) is 11.7 Å². The average Bonchev–Trinajstić information content (AvgIpc) is 2.35. The van der Waals surface area contributed by atoms with Crippen LogP contribution in [0.3, 0.4) is 0 Å². The lowest BCUT2D eigenvalue weighted by atomic mass is 9.94. The first-order chi connectivity index (χ1) is 8.13. The van der Waals surface area contributed by atoms with Crippen LogP contribution in [0.1, 0.15) is 38.7 Å². The van der Waals surface area contributed by atoms with E-state index in [2.05, 4.69) is 56.4 Å². The Bertz CT molecular complexity index is 295. The molecule has 0 amide bonds. The first-order valence-corrected chi connectivity index (χ1v) is 6.61. The molecule has 0 bridgehead atoms. The number of benzene rings is 1. The molecule has 0 saturated heterocycles. The van der Waals surface area contributed by atoms with Gasteiger partial charge in [0.2, 0.25) is 0 Å². The SMILES string of the molecule is CC(C)CNC(CN)CC(C)c1ccccc1. The van der Waals surface area contributed by atoms with E-state index in [1.54, 1.807) is 0 Å². The minimum atomic E-state index is 0.424. The normalized spacial score (nSPS) is 14.9. The van der Waals surface area contributed by atoms with Gasteiger partial charge in [0.15, 0.2) is 0 Å². The Labute approximate surface area is 106 Å². The van der Waals surface area contributed by atoms with Crippen molar-refractivity contribution in [3.63, 3.8) is 0 Å². The second-order valence-electron chi connectivity index (χ2n) is 5.28. The molecule has 0 aliphatic rings. The van der Waals surface area contributed by atoms with Crippen LogP contribution in [0.25, 0.3) is 0 Å². The van der Waals surface area contributed by atoms with E-state index in [1.165, 1.54) is 5.56 Å². The van der Waals surface area contributed by atoms with Crippen molar-refractivity contribution in [3.8, 4) is 0 Å². The Balaban J connectivity index is 2.45. The van der Waals surface area contributed by atoms with Crippen LogP contribution >= 0.6 is 0 Å². The fraction of sp³-hybridized carbons (Fsp3) is 0.600. The minimum absolute atomic E-state index is 0.424. The molecule has 1 aromatic rings. The standard InChI is InChI=1S/C15H26N2/c1-12(2)11-17-15(10-16)9-13(3)14-7-5-4-6-8-14/h4-8,12-13,15,17H,9-11,16H2,1-3H3. The summed E-state index contributed by atoms with van der Waals surface area (Å²) in [5.74, 6) is 1.24. The molecule has 96 valence electrons. The average molecular weight is 234 g/mol. The predicted octanol–water partition coefficient (Wildman–Crippen LogP) is 2.75. The van der Waals surface area contributed by atoms with Crippen molar-refractivity contribution in [3.05, 3.63) is 35.9 Å². The van der Waals surface area contributed by atoms with Crippen LogP contribution < -0.4 is 11.1 Å². The van der Waals surface area contributed by atoms with Crippen LogP contribution in [0.15, 0.2) is 30.3 Å². The van der Waals surface area contributed by atoms with Gasteiger partial charge in [-0.1, -0.05) is 51.1 Å². The molecule has 2 nitrogen and oxygen atoms in total. The van der Waals surface area contributed by atoms with Crippen LogP contribution in [0.4, 0.5) is 0 Å². The molecule has 1 aromatic carbocycles. The summed E-state index contributed by atoms with van der Waals surface area (Å²) < 4.78 is 0. The van der Waals surface area contributed by atoms with Crippen molar-refractivity contribution < 1.29 is 0 Å². The molecule has 0 radical (unpaired) electrons. The lowest BCUT2D eigenvalue weighted by molar-refractivity contribution is 0.425. The molecule has 1 rings (SSSR count). The number of nitrogens with two attached hydrogens (primary N) is 1. The summed E-state index contributed by atoms with van der Waals surface area (Å²) >= 11 is 0. The van der Waals surface area contributed by atoms with Crippen molar-refractivity contribution in [2.45, 2.75) is 39.2 Å². The maximum Gasteiger partial charge on any atom is 0.0196 e. The van der Waals surface area contributed by atoms with Gasteiger partial charge in [0, 0.05) is 12.6 Å². The molecule has 0 aromatic heterocycles. The molecule has 0 saturated carbocycles. The van der Waals surface area contributed by atoms with Crippen LogP contribution in [0, 0.1) is 5.92 Å². The minimum Gasteiger partial charge on any atom is -0.329 e. The predicted molar refractivity (Wildman–Crippen MR) is 75.2 cm³/mol. The summed E-state index contributed by atoms with van der Waals surface area (Å²) in [6.07, 6.45) is 1.10. The zero-order valence-corrected chi connectivity index (χ0v) is 11.3. The third-order valence-electron chi connectivity index (χ3n) is 3.11. The fourth-order valence-corrected chi connectivity index (χ4v) is 2.01. The molecule has 2 heteroatoms. The third kappa shape index (κ3) is 5.33. The molecule has 17 heavy (non-hydrogen) atoms. The largest absolute Gasteiger partial charge is 0.329 e. The van der Waals surface area contributed by atoms with E-state index in [1.807, 2.05) is 0 Å². The number of hydrogen-bond donors (Lipinski definition) is 2. The summed E-state index contributed by atoms with van der Waals surface area (Å²) in [5, 5.41) is 3.54. The monoisotopic (exact) mass is 234 g/mol. The van der Waals surface area contributed by atoms with Crippen LogP contribution in [0.5, 0.6) is 0 Å². The molecule has 0 aliphatic heterocycles. The lowest BCUT2D eigenvalue weighted by Gasteiger charge is -2.22. The highest BCUT2D eigenvalue weighted by atomic mass is 14.9. The molecule has 2 unspecified atom stereocenters. The lowest BCUT2D eigenvalue weighted by Crippen LogP contribution is -2.39. The van der Waals surface area contributed by atoms with Crippen molar-refractivity contribution in [1.82, 2.24) is 5.32 Å². The van der Waals surface area contributed by atoms with Gasteiger partial charge in [0.05, 0.1) is 0 Å². The molecular formula is C15H26N2. The number of nitrogens with one attached hydrogen (secondary N) is 1. The van der Waals surface area contributed by atoms with Gasteiger partial charge in [-0.05, 0) is 30.4 Å². The second-order valence-corrected chi connectivity index (χ2v) is 5.28. The Morgan fingerprint density at radius 1 is 1.12 bits per heavy atom. The van der Waals surface area contributed by atoms with E-state index in [-0.39, 0.29) is 0 Å². The van der Waals surface area contributed by atoms with E-state index >= 15 is 0 Å². The first kappa shape index (κ1) is 14.2. The zero-order valence-electron chi connectivity index (χ0n) is 11.3. The Morgan fingerprint density at radius 3 is 2.29 bits per heavy atom. The Kier molecular flexibility index (Phi) is 6.23. The van der Waals surface area contributed by atoms with Gasteiger partial charge in [-0.2, -0.15) is 0 Å². The van der Waals surface area contributed by atoms with Gasteiger partial charge in [0.25, 0.3) is 0 Å². The summed E-state index contributed by atoms with van der Waals surface area (Å²) in [6, 6.07) is 11.1. The Hall–Kier alpha value is -0.860. The number of rotatable bonds is 7. The molecule has 3 N–H and O–H groups in total. The maximum absolute atomic E-state index is 5.82. The molecule has 0 fully saturated rings. The van der Waals surface area contributed by atoms with Crippen LogP contribution in [0.2, 0.25) is 0 Å². The highest BCUT2D eigenvalue weighted by Gasteiger charge is 2.13. The molecule has 0 heterocycles. The highest BCUT2D eigenvalue weighted by Crippen LogP contribution is 2.19. The van der Waals surface area contributed by atoms with Crippen LogP contribution in [-0.2, 0) is 0 Å². The summed E-state index contributed by atoms with van der Waals surface area (Å²) in [4.78, 5) is 0. The molecule has 0 spiro atoms. The number of hydrogen-bond acceptors (Lipinski definition) is 2. The van der Waals surface area contributed by atoms with Crippen molar-refractivity contribution in [2.75, 3.05) is 13.1 Å². The second kappa shape index (κ2) is 7.46. The fourth-order valence-electron chi connectivity index (χ4n) is 2.01. The molecule has 0 aliphatic carbocycles. The molecule has 2 atom stereocenters. The topological polar surface area (TPSA) is 38.0 Å². The van der Waals surface area contributed by atoms with Crippen molar-refractivity contribution >= 4 is 0 Å². The summed E-state index contributed by atoms with van der Waals surface area (Å²) in [5.41, 5.74) is 7.22. The Morgan fingerprint density at radius 2 is 1.76 bits per heavy atom. The van der Waals surface area contributed by atoms with E-state index in [4.69, 9.17) is 5.73 Å². The highest BCUT2D eigenvalue weighted by molar-refractivity contribution is 5.18. The van der Waals surface area contributed by atoms with Crippen LogP contribution in [-0.4, -0.2) is 19.1 Å². The maximum atomic E-state index is 5.82. The van der Waals surface area contributed by atoms with E-state index in [9.17, 15) is 0 Å². The smallest absolute Gasteiger partial charge is 0.0196 e. The summed E-state index contributed by atoms with van der Waals surface area (Å²) in [6.45, 7) is 8.48. The van der Waals surface area contributed by atoms with Gasteiger partial charge < -0.3 is 11.1 Å². The van der Waals surface area contributed by atoms with E-state index in [0.29, 0.717) is 24.4 Å². The zero-order chi connectivity index (χ0) is 12.7. The van der Waals surface area contributed by atoms with E-state index in [0.717, 1.165) is 13.0 Å². The van der Waals surface area contributed by atoms with E-state index < -0.39 is 0 Å². The van der Waals surface area contributed by atoms with Gasteiger partial charge in [-0.25, -0.2) is 0 Å². The van der Waals surface area contributed by atoms with Crippen molar-refractivity contribution in [1.29, 1.82) is 0 Å². The third-order valence-corrected chi connectivity index (χ3v) is 3.11. The van der Waals surface area contributed by atoms with Gasteiger partial charge in [-0.3, -0.25) is 0 Å². The van der Waals surface area contributed by atoms with Gasteiger partial charge in [-0.15, -0.1) is 0 Å². The van der Waals surface area contributed by atoms with Gasteiger partial charge in [0.1, 0.15) is 0 Å². The van der Waals surface area contributed by atoms with Gasteiger partial charge >= 0.3 is 0 Å². The summed E-state index contributed by atoms with van der Waals surface area (Å²) in [7, 11) is 0. The first-order valence-electron chi connectivity index (χ1n) is 6.61. The quantitative estimate of drug-likeness (QED) is 0.761.